The Kier molecular flexibility index (Phi) is 8.51. The van der Waals surface area contributed by atoms with Crippen LogP contribution in [0.25, 0.3) is 11.1 Å². The lowest BCUT2D eigenvalue weighted by Crippen LogP contribution is -2.21. The highest BCUT2D eigenvalue weighted by atomic mass is 32.2. The lowest BCUT2D eigenvalue weighted by Gasteiger charge is -2.05. The van der Waals surface area contributed by atoms with Gasteiger partial charge in [0.1, 0.15) is 0 Å². The number of carbonyl (C=O) groups is 1. The zero-order chi connectivity index (χ0) is 23.8. The largest absolute Gasteiger partial charge is 0.272 e. The molecule has 4 aromatic rings. The number of aryl methyl sites for hydroxylation is 1. The summed E-state index contributed by atoms with van der Waals surface area (Å²) in [5.41, 5.74) is 9.17. The van der Waals surface area contributed by atoms with Gasteiger partial charge in [0.25, 0.3) is 5.91 Å². The van der Waals surface area contributed by atoms with Crippen molar-refractivity contribution >= 4 is 46.5 Å². The number of carbonyl (C=O) groups excluding carboxylic acids is 1. The number of hydrogen-bond donors (Lipinski definition) is 1. The van der Waals surface area contributed by atoms with Gasteiger partial charge in [-0.05, 0) is 36.1 Å². The van der Waals surface area contributed by atoms with Crippen LogP contribution in [-0.2, 0) is 10.5 Å². The van der Waals surface area contributed by atoms with Crippen LogP contribution in [0.15, 0.2) is 92.6 Å². The van der Waals surface area contributed by atoms with Crippen LogP contribution in [0, 0.1) is 6.92 Å². The second kappa shape index (κ2) is 12.0. The smallest absolute Gasteiger partial charge is 0.250 e. The normalized spacial score (nSPS) is 11.4. The van der Waals surface area contributed by atoms with Crippen molar-refractivity contribution in [3.05, 3.63) is 95.6 Å². The number of nitrogens with zero attached hydrogens (tertiary/aromatic N) is 3. The SMILES string of the molecule is C/C(=N/NC(=O)CSc1nnc(SCc2ccc(C)cc2)s1)c1ccc(-c2ccccc2)cc1. The van der Waals surface area contributed by atoms with Crippen LogP contribution in [0.3, 0.4) is 0 Å². The van der Waals surface area contributed by atoms with Crippen molar-refractivity contribution in [2.45, 2.75) is 28.3 Å². The summed E-state index contributed by atoms with van der Waals surface area (Å²) in [6.45, 7) is 3.96. The summed E-state index contributed by atoms with van der Waals surface area (Å²) in [7, 11) is 0. The highest BCUT2D eigenvalue weighted by molar-refractivity contribution is 8.03. The van der Waals surface area contributed by atoms with E-state index in [1.165, 1.54) is 39.8 Å². The molecular weight excluding hydrogens is 481 g/mol. The fourth-order valence-electron chi connectivity index (χ4n) is 3.05. The average molecular weight is 505 g/mol. The number of aromatic nitrogens is 2. The molecule has 0 fully saturated rings. The Morgan fingerprint density at radius 3 is 2.24 bits per heavy atom. The number of amides is 1. The number of nitrogens with one attached hydrogen (secondary N) is 1. The lowest BCUT2D eigenvalue weighted by atomic mass is 10.0. The lowest BCUT2D eigenvalue weighted by molar-refractivity contribution is -0.118. The molecule has 0 aliphatic rings. The Labute approximate surface area is 212 Å². The van der Waals surface area contributed by atoms with Crippen molar-refractivity contribution in [2.75, 3.05) is 5.75 Å². The predicted molar refractivity (Wildman–Crippen MR) is 144 cm³/mol. The number of hydrazone groups is 1. The van der Waals surface area contributed by atoms with E-state index in [9.17, 15) is 4.79 Å². The molecule has 1 N–H and O–H groups in total. The third-order valence-electron chi connectivity index (χ3n) is 4.96. The molecule has 0 atom stereocenters. The molecule has 0 radical (unpaired) electrons. The highest BCUT2D eigenvalue weighted by Gasteiger charge is 2.09. The van der Waals surface area contributed by atoms with Gasteiger partial charge in [-0.2, -0.15) is 5.10 Å². The molecule has 3 aromatic carbocycles. The molecule has 0 aliphatic heterocycles. The van der Waals surface area contributed by atoms with Crippen LogP contribution in [-0.4, -0.2) is 27.6 Å². The minimum atomic E-state index is -0.172. The van der Waals surface area contributed by atoms with Crippen molar-refractivity contribution < 1.29 is 4.79 Å². The summed E-state index contributed by atoms with van der Waals surface area (Å²) in [5.74, 6) is 0.913. The van der Waals surface area contributed by atoms with Gasteiger partial charge in [0.2, 0.25) is 0 Å². The van der Waals surface area contributed by atoms with Gasteiger partial charge in [-0.1, -0.05) is 119 Å². The minimum absolute atomic E-state index is 0.172. The fourth-order valence-corrected chi connectivity index (χ4v) is 5.82. The van der Waals surface area contributed by atoms with Gasteiger partial charge in [-0.15, -0.1) is 10.2 Å². The molecule has 0 saturated heterocycles. The first-order valence-electron chi connectivity index (χ1n) is 10.7. The molecule has 0 aliphatic carbocycles. The van der Waals surface area contributed by atoms with Crippen molar-refractivity contribution in [1.29, 1.82) is 0 Å². The third-order valence-corrected chi connectivity index (χ3v) is 8.22. The molecule has 8 heteroatoms. The molecule has 172 valence electrons. The van der Waals surface area contributed by atoms with E-state index in [2.05, 4.69) is 76.2 Å². The first kappa shape index (κ1) is 24.2. The van der Waals surface area contributed by atoms with Crippen LogP contribution in [0.2, 0.25) is 0 Å². The van der Waals surface area contributed by atoms with E-state index < -0.39 is 0 Å². The number of benzene rings is 3. The summed E-state index contributed by atoms with van der Waals surface area (Å²) in [4.78, 5) is 12.2. The van der Waals surface area contributed by atoms with Crippen LogP contribution < -0.4 is 5.43 Å². The summed E-state index contributed by atoms with van der Waals surface area (Å²) >= 11 is 4.53. The molecular formula is C26H24N4OS3. The Balaban J connectivity index is 1.23. The molecule has 1 aromatic heterocycles. The first-order valence-corrected chi connectivity index (χ1v) is 13.5. The van der Waals surface area contributed by atoms with Gasteiger partial charge >= 0.3 is 0 Å². The minimum Gasteiger partial charge on any atom is -0.272 e. The molecule has 1 amide bonds. The predicted octanol–water partition coefficient (Wildman–Crippen LogP) is 6.44. The van der Waals surface area contributed by atoms with Crippen molar-refractivity contribution in [3.8, 4) is 11.1 Å². The Hall–Kier alpha value is -2.94. The number of hydrogen-bond acceptors (Lipinski definition) is 7. The van der Waals surface area contributed by atoms with E-state index in [4.69, 9.17) is 0 Å². The van der Waals surface area contributed by atoms with E-state index in [1.54, 1.807) is 11.8 Å². The topological polar surface area (TPSA) is 67.2 Å². The van der Waals surface area contributed by atoms with Gasteiger partial charge < -0.3 is 0 Å². The van der Waals surface area contributed by atoms with E-state index >= 15 is 0 Å². The maximum atomic E-state index is 12.2. The maximum Gasteiger partial charge on any atom is 0.250 e. The second-order valence-corrected chi connectivity index (χ2v) is 11.0. The molecule has 0 saturated carbocycles. The maximum absolute atomic E-state index is 12.2. The van der Waals surface area contributed by atoms with Crippen LogP contribution in [0.1, 0.15) is 23.6 Å². The molecule has 0 unspecified atom stereocenters. The molecule has 34 heavy (non-hydrogen) atoms. The zero-order valence-electron chi connectivity index (χ0n) is 18.9. The fraction of sp³-hybridized carbons (Fsp3) is 0.154. The molecule has 5 nitrogen and oxygen atoms in total. The first-order chi connectivity index (χ1) is 16.6. The highest BCUT2D eigenvalue weighted by Crippen LogP contribution is 2.30. The quantitative estimate of drug-likeness (QED) is 0.161. The summed E-state index contributed by atoms with van der Waals surface area (Å²) < 4.78 is 1.68. The van der Waals surface area contributed by atoms with Crippen molar-refractivity contribution in [3.63, 3.8) is 0 Å². The van der Waals surface area contributed by atoms with Crippen molar-refractivity contribution in [2.24, 2.45) is 5.10 Å². The van der Waals surface area contributed by atoms with Gasteiger partial charge in [-0.25, -0.2) is 5.43 Å². The van der Waals surface area contributed by atoms with Crippen LogP contribution >= 0.6 is 34.9 Å². The monoisotopic (exact) mass is 504 g/mol. The van der Waals surface area contributed by atoms with Gasteiger partial charge in [-0.3, -0.25) is 4.79 Å². The Bertz CT molecular complexity index is 1250. The number of thioether (sulfide) groups is 2. The van der Waals surface area contributed by atoms with Gasteiger partial charge in [0.15, 0.2) is 8.68 Å². The van der Waals surface area contributed by atoms with E-state index in [0.717, 1.165) is 31.3 Å². The van der Waals surface area contributed by atoms with Gasteiger partial charge in [0, 0.05) is 5.75 Å². The van der Waals surface area contributed by atoms with E-state index in [-0.39, 0.29) is 11.7 Å². The second-order valence-electron chi connectivity index (χ2n) is 7.57. The van der Waals surface area contributed by atoms with Gasteiger partial charge in [0.05, 0.1) is 11.5 Å². The third kappa shape index (κ3) is 7.03. The van der Waals surface area contributed by atoms with Crippen LogP contribution in [0.5, 0.6) is 0 Å². The Morgan fingerprint density at radius 2 is 1.53 bits per heavy atom. The summed E-state index contributed by atoms with van der Waals surface area (Å²) in [6.07, 6.45) is 0. The van der Waals surface area contributed by atoms with Crippen LogP contribution in [0.4, 0.5) is 0 Å². The van der Waals surface area contributed by atoms with E-state index in [1.807, 2.05) is 37.3 Å². The summed E-state index contributed by atoms with van der Waals surface area (Å²) in [5, 5.41) is 12.7. The molecule has 1 heterocycles. The summed E-state index contributed by atoms with van der Waals surface area (Å²) in [6, 6.07) is 26.8. The average Bonchev–Trinajstić information content (AvgIpc) is 3.34. The number of rotatable bonds is 9. The van der Waals surface area contributed by atoms with Crippen molar-refractivity contribution in [1.82, 2.24) is 15.6 Å². The standard InChI is InChI=1S/C26H24N4OS3/c1-18-8-10-20(11-9-18)16-32-25-29-30-26(34-25)33-17-24(31)28-27-19(2)21-12-14-23(15-13-21)22-6-4-3-5-7-22/h3-15H,16-17H2,1-2H3,(H,28,31)/b27-19-. The van der Waals surface area contributed by atoms with E-state index in [0.29, 0.717) is 0 Å². The zero-order valence-corrected chi connectivity index (χ0v) is 21.3. The Morgan fingerprint density at radius 1 is 0.882 bits per heavy atom. The molecule has 4 rings (SSSR count). The molecule has 0 spiro atoms. The molecule has 0 bridgehead atoms.